The van der Waals surface area contributed by atoms with E-state index in [2.05, 4.69) is 0 Å². The third-order valence-corrected chi connectivity index (χ3v) is 9.95. The van der Waals surface area contributed by atoms with Gasteiger partial charge in [-0.3, -0.25) is 38.6 Å². The summed E-state index contributed by atoms with van der Waals surface area (Å²) in [5.41, 5.74) is 2.53. The van der Waals surface area contributed by atoms with Crippen molar-refractivity contribution in [3.8, 4) is 11.5 Å². The number of phenols is 1. The van der Waals surface area contributed by atoms with E-state index in [4.69, 9.17) is 10.5 Å². The summed E-state index contributed by atoms with van der Waals surface area (Å²) in [6.45, 7) is 1.61. The number of carbonyl (C=O) groups is 6. The molecular weight excluding hydrogens is 598 g/mol. The fraction of sp³-hybridized carbons (Fsp3) is 0.455. The van der Waals surface area contributed by atoms with Gasteiger partial charge in [0.25, 0.3) is 0 Å². The number of benzene rings is 2. The number of phenolic OH excluding ortho intramolecular Hbond substituents is 1. The zero-order valence-electron chi connectivity index (χ0n) is 26.3. The lowest BCUT2D eigenvalue weighted by molar-refractivity contribution is -0.196. The molecule has 7 unspecified atom stereocenters. The first-order valence-corrected chi connectivity index (χ1v) is 14.7. The van der Waals surface area contributed by atoms with Crippen LogP contribution in [0, 0.1) is 23.7 Å². The highest BCUT2D eigenvalue weighted by Gasteiger charge is 2.73. The molecule has 3 aliphatic carbocycles. The van der Waals surface area contributed by atoms with Crippen LogP contribution >= 0.6 is 0 Å². The predicted molar refractivity (Wildman–Crippen MR) is 161 cm³/mol. The first-order valence-electron chi connectivity index (χ1n) is 14.7. The van der Waals surface area contributed by atoms with E-state index in [1.165, 1.54) is 38.2 Å². The van der Waals surface area contributed by atoms with E-state index in [1.807, 2.05) is 0 Å². The second-order valence-corrected chi connectivity index (χ2v) is 12.8. The number of nitrogens with zero attached hydrogens (tertiary/aromatic N) is 2. The van der Waals surface area contributed by atoms with Gasteiger partial charge < -0.3 is 25.8 Å². The van der Waals surface area contributed by atoms with Crippen molar-refractivity contribution in [2.45, 2.75) is 36.6 Å². The Balaban J connectivity index is 1.63. The van der Waals surface area contributed by atoms with E-state index in [9.17, 15) is 44.1 Å². The molecule has 0 aromatic heterocycles. The number of Topliss-reactive ketones (excluding diaryl/α,β-unsaturated/α-hetero) is 5. The van der Waals surface area contributed by atoms with Crippen LogP contribution in [0.4, 0.5) is 0 Å². The molecule has 13 heteroatoms. The molecule has 2 aromatic rings. The monoisotopic (exact) mass is 635 g/mol. The van der Waals surface area contributed by atoms with Crippen LogP contribution in [0.2, 0.25) is 0 Å². The lowest BCUT2D eigenvalue weighted by atomic mass is 9.49. The summed E-state index contributed by atoms with van der Waals surface area (Å²) in [6.07, 6.45) is -1.74. The maximum Gasteiger partial charge on any atom is 0.235 e. The molecule has 46 heavy (non-hydrogen) atoms. The van der Waals surface area contributed by atoms with Gasteiger partial charge in [0.15, 0.2) is 40.4 Å². The topological polar surface area (TPSA) is 205 Å². The molecule has 2 aromatic carbocycles. The molecule has 244 valence electrons. The number of hydrogen-bond acceptors (Lipinski definition) is 12. The Morgan fingerprint density at radius 2 is 1.59 bits per heavy atom. The second kappa shape index (κ2) is 11.5. The van der Waals surface area contributed by atoms with Crippen molar-refractivity contribution in [3.05, 3.63) is 58.7 Å². The number of aliphatic hydroxyl groups is 2. The average Bonchev–Trinajstić information content (AvgIpc) is 2.98. The number of methoxy groups -OCH3 is 1. The molecule has 5 rings (SSSR count). The lowest BCUT2D eigenvalue weighted by Gasteiger charge is -2.56. The highest BCUT2D eigenvalue weighted by Crippen LogP contribution is 2.54. The van der Waals surface area contributed by atoms with Crippen molar-refractivity contribution in [3.63, 3.8) is 0 Å². The quantitative estimate of drug-likeness (QED) is 0.232. The maximum absolute atomic E-state index is 14.2. The van der Waals surface area contributed by atoms with Crippen molar-refractivity contribution in [2.24, 2.45) is 29.4 Å². The molecule has 13 nitrogen and oxygen atoms in total. The van der Waals surface area contributed by atoms with Gasteiger partial charge in [0.2, 0.25) is 5.91 Å². The highest BCUT2D eigenvalue weighted by atomic mass is 16.5. The largest absolute Gasteiger partial charge is 0.506 e. The molecule has 2 saturated carbocycles. The van der Waals surface area contributed by atoms with Crippen LogP contribution in [0.1, 0.15) is 50.7 Å². The molecule has 0 saturated heterocycles. The minimum absolute atomic E-state index is 0.200. The Labute approximate surface area is 264 Å². The Kier molecular flexibility index (Phi) is 8.27. The molecule has 2 fully saturated rings. The Morgan fingerprint density at radius 3 is 2.11 bits per heavy atom. The van der Waals surface area contributed by atoms with Crippen molar-refractivity contribution in [1.29, 1.82) is 0 Å². The van der Waals surface area contributed by atoms with Crippen LogP contribution < -0.4 is 10.5 Å². The standard InChI is InChI=1S/C33H37N3O10/c1-13-16-11-12-17(26(38)23(35(2)3)14-7-9-15(46-6)10-8-14)25(37)19(16)27(39)20-18(13)28(40)22-24(36(4)5)29(41)21(32(34)44)31(43)33(22,45)30(20)42/h7-13,18,20-24,28,37,40,45H,1-6H3,(H2,34,44)/t13?,18?,20?,21?,22?,23?,24-,28?,33-/m0/s1. The summed E-state index contributed by atoms with van der Waals surface area (Å²) in [7, 11) is 7.70. The number of hydrogen-bond donors (Lipinski definition) is 4. The van der Waals surface area contributed by atoms with Crippen LogP contribution in [0.15, 0.2) is 36.4 Å². The Bertz CT molecular complexity index is 1670. The van der Waals surface area contributed by atoms with Gasteiger partial charge in [-0.25, -0.2) is 0 Å². The number of primary amides is 1. The van der Waals surface area contributed by atoms with Crippen LogP contribution in [0.5, 0.6) is 11.5 Å². The lowest BCUT2D eigenvalue weighted by Crippen LogP contribution is -2.77. The van der Waals surface area contributed by atoms with Crippen molar-refractivity contribution in [1.82, 2.24) is 9.80 Å². The molecule has 3 aliphatic rings. The SMILES string of the molecule is COc1ccc(C(C(=O)c2ccc3c(c2O)C(=O)C2C(=O)[C@]4(O)C(=O)C(C(N)=O)C(=O)[C@@H](N(C)C)C4C(O)C2C3C)N(C)C)cc1. The molecular formula is C33H37N3O10. The molecule has 1 amide bonds. The molecule has 0 heterocycles. The minimum atomic E-state index is -3.11. The van der Waals surface area contributed by atoms with Gasteiger partial charge in [-0.1, -0.05) is 25.1 Å². The first kappa shape index (κ1) is 33.1. The van der Waals surface area contributed by atoms with E-state index in [0.29, 0.717) is 11.3 Å². The van der Waals surface area contributed by atoms with Gasteiger partial charge in [-0.2, -0.15) is 0 Å². The number of amides is 1. The number of likely N-dealkylation sites (N-methyl/N-ethyl adjacent to an activating group) is 2. The fourth-order valence-corrected chi connectivity index (χ4v) is 7.81. The minimum Gasteiger partial charge on any atom is -0.506 e. The smallest absolute Gasteiger partial charge is 0.235 e. The Hall–Kier alpha value is -4.30. The number of fused-ring (bicyclic) bond motifs is 3. The van der Waals surface area contributed by atoms with Gasteiger partial charge >= 0.3 is 0 Å². The van der Waals surface area contributed by atoms with Gasteiger partial charge in [-0.05, 0) is 63.4 Å². The second-order valence-electron chi connectivity index (χ2n) is 12.8. The molecule has 0 radical (unpaired) electrons. The zero-order chi connectivity index (χ0) is 34.2. The normalized spacial score (nSPS) is 31.3. The molecule has 0 aliphatic heterocycles. The van der Waals surface area contributed by atoms with Crippen LogP contribution in [-0.4, -0.2) is 113 Å². The van der Waals surface area contributed by atoms with Crippen molar-refractivity contribution in [2.75, 3.05) is 35.3 Å². The Morgan fingerprint density at radius 1 is 0.978 bits per heavy atom. The van der Waals surface area contributed by atoms with Gasteiger partial charge in [0.05, 0.1) is 48.3 Å². The van der Waals surface area contributed by atoms with E-state index in [0.717, 1.165) is 0 Å². The van der Waals surface area contributed by atoms with Gasteiger partial charge in [-0.15, -0.1) is 0 Å². The summed E-state index contributed by atoms with van der Waals surface area (Å²) in [4.78, 5) is 84.3. The molecule has 9 atom stereocenters. The zero-order valence-corrected chi connectivity index (χ0v) is 26.3. The number of aromatic hydroxyl groups is 1. The number of carbonyl (C=O) groups excluding carboxylic acids is 6. The average molecular weight is 636 g/mol. The third-order valence-electron chi connectivity index (χ3n) is 9.95. The summed E-state index contributed by atoms with van der Waals surface area (Å²) in [5.74, 6) is -14.5. The highest BCUT2D eigenvalue weighted by molar-refractivity contribution is 6.32. The summed E-state index contributed by atoms with van der Waals surface area (Å²) in [6, 6.07) is 7.26. The summed E-state index contributed by atoms with van der Waals surface area (Å²) in [5, 5.41) is 35.1. The maximum atomic E-state index is 14.2. The van der Waals surface area contributed by atoms with Crippen LogP contribution in [0.25, 0.3) is 0 Å². The van der Waals surface area contributed by atoms with Gasteiger partial charge in [0, 0.05) is 5.92 Å². The van der Waals surface area contributed by atoms with Crippen molar-refractivity contribution >= 4 is 34.8 Å². The van der Waals surface area contributed by atoms with E-state index < -0.39 is 94.0 Å². The van der Waals surface area contributed by atoms with E-state index in [-0.39, 0.29) is 16.7 Å². The van der Waals surface area contributed by atoms with Crippen LogP contribution in [-0.2, 0) is 19.2 Å². The number of aliphatic hydroxyl groups excluding tert-OH is 1. The van der Waals surface area contributed by atoms with Crippen LogP contribution in [0.3, 0.4) is 0 Å². The number of rotatable bonds is 7. The van der Waals surface area contributed by atoms with E-state index >= 15 is 0 Å². The number of ether oxygens (including phenoxy) is 1. The number of nitrogens with two attached hydrogens (primary N) is 1. The first-order chi connectivity index (χ1) is 21.5. The number of ketones is 5. The molecule has 5 N–H and O–H groups in total. The van der Waals surface area contributed by atoms with Gasteiger partial charge in [0.1, 0.15) is 11.5 Å². The predicted octanol–water partition coefficient (Wildman–Crippen LogP) is -0.107. The summed E-state index contributed by atoms with van der Waals surface area (Å²) >= 11 is 0. The third kappa shape index (κ3) is 4.52. The fourth-order valence-electron chi connectivity index (χ4n) is 7.81. The summed E-state index contributed by atoms with van der Waals surface area (Å²) < 4.78 is 5.20. The molecule has 0 bridgehead atoms. The van der Waals surface area contributed by atoms with Crippen molar-refractivity contribution < 1.29 is 48.8 Å². The molecule has 0 spiro atoms. The van der Waals surface area contributed by atoms with E-state index in [1.54, 1.807) is 50.2 Å².